The van der Waals surface area contributed by atoms with Gasteiger partial charge in [0.25, 0.3) is 5.91 Å². The summed E-state index contributed by atoms with van der Waals surface area (Å²) >= 11 is 12.1. The lowest BCUT2D eigenvalue weighted by atomic mass is 10.1. The highest BCUT2D eigenvalue weighted by atomic mass is 35.5. The lowest BCUT2D eigenvalue weighted by Gasteiger charge is -2.15. The Labute approximate surface area is 156 Å². The average Bonchev–Trinajstić information content (AvgIpc) is 2.60. The van der Waals surface area contributed by atoms with Gasteiger partial charge in [0.05, 0.1) is 6.54 Å². The van der Waals surface area contributed by atoms with E-state index in [0.29, 0.717) is 23.0 Å². The van der Waals surface area contributed by atoms with Crippen molar-refractivity contribution >= 4 is 35.1 Å². The van der Waals surface area contributed by atoms with Crippen LogP contribution in [0.3, 0.4) is 0 Å². The number of hydrogen-bond acceptors (Lipinski definition) is 2. The predicted molar refractivity (Wildman–Crippen MR) is 98.7 cm³/mol. The molecule has 0 aliphatic carbocycles. The molecule has 4 N–H and O–H groups in total. The number of benzene rings is 2. The molecule has 0 saturated carbocycles. The molecule has 0 saturated heterocycles. The molecule has 0 aliphatic heterocycles. The first-order valence-corrected chi connectivity index (χ1v) is 8.61. The van der Waals surface area contributed by atoms with Gasteiger partial charge in [0.2, 0.25) is 0 Å². The highest BCUT2D eigenvalue weighted by Gasteiger charge is 2.25. The van der Waals surface area contributed by atoms with Crippen molar-refractivity contribution in [2.45, 2.75) is 12.5 Å². The number of halogens is 2. The van der Waals surface area contributed by atoms with Gasteiger partial charge in [-0.1, -0.05) is 59.6 Å². The number of amides is 3. The molecule has 25 heavy (non-hydrogen) atoms. The third-order valence-corrected chi connectivity index (χ3v) is 4.32. The lowest BCUT2D eigenvalue weighted by molar-refractivity contribution is -0.682. The van der Waals surface area contributed by atoms with E-state index in [4.69, 9.17) is 23.2 Å². The molecule has 7 heteroatoms. The van der Waals surface area contributed by atoms with Crippen molar-refractivity contribution in [3.05, 3.63) is 69.7 Å². The standard InChI is InChI=1S/C18H19Cl2N3O2/c1-21-18(25)23-17(24)16(13-5-3-2-4-6-13)22-10-9-12-7-8-14(19)11-15(12)20/h2-8,11,16,22H,9-10H2,1H3,(H2,21,23,24,25)/p+1/t16-/m1/s1. The maximum atomic E-state index is 12.4. The second kappa shape index (κ2) is 9.42. The van der Waals surface area contributed by atoms with E-state index >= 15 is 0 Å². The van der Waals surface area contributed by atoms with Crippen molar-refractivity contribution in [3.63, 3.8) is 0 Å². The normalized spacial score (nSPS) is 11.6. The van der Waals surface area contributed by atoms with E-state index in [2.05, 4.69) is 10.6 Å². The van der Waals surface area contributed by atoms with Crippen LogP contribution < -0.4 is 16.0 Å². The van der Waals surface area contributed by atoms with Crippen LogP contribution in [0.15, 0.2) is 48.5 Å². The number of nitrogens with one attached hydrogen (secondary N) is 2. The number of carbonyl (C=O) groups is 2. The third kappa shape index (κ3) is 5.74. The number of carbonyl (C=O) groups excluding carboxylic acids is 2. The monoisotopic (exact) mass is 380 g/mol. The Morgan fingerprint density at radius 2 is 1.84 bits per heavy atom. The molecular weight excluding hydrogens is 361 g/mol. The maximum Gasteiger partial charge on any atom is 0.321 e. The second-order valence-electron chi connectivity index (χ2n) is 5.47. The quantitative estimate of drug-likeness (QED) is 0.718. The van der Waals surface area contributed by atoms with Crippen LogP contribution in [0.5, 0.6) is 0 Å². The zero-order chi connectivity index (χ0) is 18.2. The molecule has 0 radical (unpaired) electrons. The van der Waals surface area contributed by atoms with Crippen LogP contribution in [0.2, 0.25) is 10.0 Å². The summed E-state index contributed by atoms with van der Waals surface area (Å²) in [5.74, 6) is -0.368. The summed E-state index contributed by atoms with van der Waals surface area (Å²) in [6.45, 7) is 0.627. The van der Waals surface area contributed by atoms with Crippen LogP contribution in [-0.4, -0.2) is 25.5 Å². The van der Waals surface area contributed by atoms with Crippen LogP contribution in [0.1, 0.15) is 17.2 Å². The molecule has 2 aromatic rings. The van der Waals surface area contributed by atoms with E-state index in [9.17, 15) is 9.59 Å². The van der Waals surface area contributed by atoms with Crippen molar-refractivity contribution in [2.24, 2.45) is 0 Å². The average molecular weight is 381 g/mol. The molecule has 0 aromatic heterocycles. The number of imide groups is 1. The highest BCUT2D eigenvalue weighted by Crippen LogP contribution is 2.21. The van der Waals surface area contributed by atoms with Crippen molar-refractivity contribution < 1.29 is 14.9 Å². The predicted octanol–water partition coefficient (Wildman–Crippen LogP) is 2.30. The fourth-order valence-corrected chi connectivity index (χ4v) is 2.94. The first-order valence-electron chi connectivity index (χ1n) is 7.86. The van der Waals surface area contributed by atoms with Crippen LogP contribution >= 0.6 is 23.2 Å². The number of rotatable bonds is 6. The van der Waals surface area contributed by atoms with Gasteiger partial charge in [-0.2, -0.15) is 0 Å². The zero-order valence-corrected chi connectivity index (χ0v) is 15.3. The summed E-state index contributed by atoms with van der Waals surface area (Å²) in [5, 5.41) is 7.79. The fourth-order valence-electron chi connectivity index (χ4n) is 2.44. The first kappa shape index (κ1) is 19.2. The van der Waals surface area contributed by atoms with Crippen molar-refractivity contribution in [2.75, 3.05) is 13.6 Å². The molecule has 1 atom stereocenters. The highest BCUT2D eigenvalue weighted by molar-refractivity contribution is 6.35. The Balaban J connectivity index is 2.05. The molecule has 0 bridgehead atoms. The SMILES string of the molecule is CNC(=O)NC(=O)[C@H]([NH2+]CCc1ccc(Cl)cc1Cl)c1ccccc1. The molecule has 0 spiro atoms. The van der Waals surface area contributed by atoms with Crippen LogP contribution in [0, 0.1) is 0 Å². The molecule has 2 rings (SSSR count). The van der Waals surface area contributed by atoms with Gasteiger partial charge in [0, 0.05) is 29.1 Å². The Morgan fingerprint density at radius 3 is 2.48 bits per heavy atom. The maximum absolute atomic E-state index is 12.4. The van der Waals surface area contributed by atoms with Gasteiger partial charge in [-0.3, -0.25) is 10.1 Å². The van der Waals surface area contributed by atoms with E-state index in [-0.39, 0.29) is 5.91 Å². The first-order chi connectivity index (χ1) is 12.0. The molecule has 0 fully saturated rings. The van der Waals surface area contributed by atoms with Gasteiger partial charge in [-0.15, -0.1) is 0 Å². The summed E-state index contributed by atoms with van der Waals surface area (Å²) in [7, 11) is 1.46. The number of quaternary nitrogens is 1. The van der Waals surface area contributed by atoms with Gasteiger partial charge < -0.3 is 10.6 Å². The van der Waals surface area contributed by atoms with Crippen molar-refractivity contribution in [3.8, 4) is 0 Å². The minimum atomic E-state index is -0.528. The largest absolute Gasteiger partial charge is 0.341 e. The molecule has 132 valence electrons. The number of nitrogens with two attached hydrogens (primary N) is 1. The van der Waals surface area contributed by atoms with Gasteiger partial charge in [-0.25, -0.2) is 4.79 Å². The minimum absolute atomic E-state index is 0.368. The molecule has 0 aliphatic rings. The van der Waals surface area contributed by atoms with Crippen LogP contribution in [0.25, 0.3) is 0 Å². The third-order valence-electron chi connectivity index (χ3n) is 3.74. The number of hydrogen-bond donors (Lipinski definition) is 3. The van der Waals surface area contributed by atoms with Gasteiger partial charge in [0.1, 0.15) is 0 Å². The molecular formula is C18H20Cl2N3O2+. The molecule has 2 aromatic carbocycles. The van der Waals surface area contributed by atoms with Gasteiger partial charge in [-0.05, 0) is 17.7 Å². The van der Waals surface area contributed by atoms with E-state index in [1.54, 1.807) is 12.1 Å². The summed E-state index contributed by atoms with van der Waals surface area (Å²) in [4.78, 5) is 23.9. The Hall–Kier alpha value is -2.08. The second-order valence-corrected chi connectivity index (χ2v) is 6.31. The summed E-state index contributed by atoms with van der Waals surface area (Å²) in [6, 6.07) is 13.6. The number of urea groups is 1. The van der Waals surface area contributed by atoms with E-state index in [1.165, 1.54) is 7.05 Å². The lowest BCUT2D eigenvalue weighted by Crippen LogP contribution is -2.88. The molecule has 3 amide bonds. The zero-order valence-electron chi connectivity index (χ0n) is 13.8. The van der Waals surface area contributed by atoms with Crippen LogP contribution in [-0.2, 0) is 11.2 Å². The van der Waals surface area contributed by atoms with Gasteiger partial charge >= 0.3 is 6.03 Å². The van der Waals surface area contributed by atoms with E-state index in [0.717, 1.165) is 11.1 Å². The topological polar surface area (TPSA) is 74.8 Å². The van der Waals surface area contributed by atoms with E-state index < -0.39 is 12.1 Å². The molecule has 0 heterocycles. The van der Waals surface area contributed by atoms with Crippen LogP contribution in [0.4, 0.5) is 4.79 Å². The van der Waals surface area contributed by atoms with Crippen molar-refractivity contribution in [1.82, 2.24) is 10.6 Å². The Morgan fingerprint density at radius 1 is 1.12 bits per heavy atom. The molecule has 5 nitrogen and oxygen atoms in total. The summed E-state index contributed by atoms with van der Waals surface area (Å²) in [5.41, 5.74) is 1.78. The smallest absolute Gasteiger partial charge is 0.321 e. The molecule has 0 unspecified atom stereocenters. The Kier molecular flexibility index (Phi) is 7.25. The summed E-state index contributed by atoms with van der Waals surface area (Å²) in [6.07, 6.45) is 0.673. The van der Waals surface area contributed by atoms with Crippen molar-refractivity contribution in [1.29, 1.82) is 0 Å². The minimum Gasteiger partial charge on any atom is -0.341 e. The van der Waals surface area contributed by atoms with Gasteiger partial charge in [0.15, 0.2) is 6.04 Å². The van der Waals surface area contributed by atoms with E-state index in [1.807, 2.05) is 41.7 Å². The fraction of sp³-hybridized carbons (Fsp3) is 0.222. The Bertz CT molecular complexity index is 738. The summed E-state index contributed by atoms with van der Waals surface area (Å²) < 4.78 is 0.